The average molecular weight is 295 g/mol. The fraction of sp³-hybridized carbons (Fsp3) is 0.385. The minimum absolute atomic E-state index is 0.236. The summed E-state index contributed by atoms with van der Waals surface area (Å²) >= 11 is 3.37. The largest absolute Gasteiger partial charge is 0.324 e. The standard InChI is InChI=1S/C13H15BrN2O/c1-3-4-10(8-15)13(17)16-12-7-9(2)5-6-11(12)14/h5-7,10H,3-4H2,1-2H3,(H,16,17). The van der Waals surface area contributed by atoms with Crippen LogP contribution in [0, 0.1) is 24.2 Å². The third-order valence-electron chi connectivity index (χ3n) is 2.43. The van der Waals surface area contributed by atoms with Crippen molar-refractivity contribution in [3.63, 3.8) is 0 Å². The van der Waals surface area contributed by atoms with Crippen molar-refractivity contribution in [3.05, 3.63) is 28.2 Å². The van der Waals surface area contributed by atoms with Crippen LogP contribution >= 0.6 is 15.9 Å². The van der Waals surface area contributed by atoms with E-state index in [0.717, 1.165) is 16.5 Å². The molecule has 0 fully saturated rings. The summed E-state index contributed by atoms with van der Waals surface area (Å²) in [5.41, 5.74) is 1.78. The lowest BCUT2D eigenvalue weighted by Crippen LogP contribution is -2.21. The Morgan fingerprint density at radius 3 is 2.88 bits per heavy atom. The summed E-state index contributed by atoms with van der Waals surface area (Å²) in [6, 6.07) is 7.74. The number of nitrogens with zero attached hydrogens (tertiary/aromatic N) is 1. The number of hydrogen-bond acceptors (Lipinski definition) is 2. The van der Waals surface area contributed by atoms with E-state index in [2.05, 4.69) is 21.2 Å². The molecule has 0 saturated carbocycles. The lowest BCUT2D eigenvalue weighted by Gasteiger charge is -2.11. The van der Waals surface area contributed by atoms with Crippen LogP contribution in [0.1, 0.15) is 25.3 Å². The Hall–Kier alpha value is -1.34. The molecule has 4 heteroatoms. The van der Waals surface area contributed by atoms with Crippen LogP contribution < -0.4 is 5.32 Å². The molecule has 1 atom stereocenters. The smallest absolute Gasteiger partial charge is 0.241 e. The number of aryl methyl sites for hydroxylation is 1. The van der Waals surface area contributed by atoms with Gasteiger partial charge in [-0.2, -0.15) is 5.26 Å². The maximum Gasteiger partial charge on any atom is 0.241 e. The van der Waals surface area contributed by atoms with Crippen molar-refractivity contribution in [2.45, 2.75) is 26.7 Å². The van der Waals surface area contributed by atoms with E-state index in [0.29, 0.717) is 12.1 Å². The van der Waals surface area contributed by atoms with Crippen LogP contribution in [0.2, 0.25) is 0 Å². The quantitative estimate of drug-likeness (QED) is 0.922. The van der Waals surface area contributed by atoms with Crippen LogP contribution in [0.5, 0.6) is 0 Å². The zero-order valence-corrected chi connectivity index (χ0v) is 11.5. The highest BCUT2D eigenvalue weighted by atomic mass is 79.9. The van der Waals surface area contributed by atoms with Crippen LogP contribution in [0.25, 0.3) is 0 Å². The summed E-state index contributed by atoms with van der Waals surface area (Å²) in [4.78, 5) is 11.8. The van der Waals surface area contributed by atoms with E-state index in [4.69, 9.17) is 5.26 Å². The average Bonchev–Trinajstić information content (AvgIpc) is 2.30. The second-order valence-corrected chi connectivity index (χ2v) is 4.80. The van der Waals surface area contributed by atoms with Gasteiger partial charge in [-0.15, -0.1) is 0 Å². The molecule has 17 heavy (non-hydrogen) atoms. The number of amides is 1. The molecule has 0 radical (unpaired) electrons. The van der Waals surface area contributed by atoms with Crippen LogP contribution in [0.4, 0.5) is 5.69 Å². The summed E-state index contributed by atoms with van der Waals surface area (Å²) in [5, 5.41) is 11.7. The summed E-state index contributed by atoms with van der Waals surface area (Å²) in [6.45, 7) is 3.91. The number of carbonyl (C=O) groups is 1. The molecule has 0 bridgehead atoms. The van der Waals surface area contributed by atoms with Gasteiger partial charge in [-0.05, 0) is 47.0 Å². The third kappa shape index (κ3) is 3.86. The third-order valence-corrected chi connectivity index (χ3v) is 3.12. The van der Waals surface area contributed by atoms with Gasteiger partial charge in [0, 0.05) is 4.47 Å². The molecule has 90 valence electrons. The molecule has 0 saturated heterocycles. The number of nitriles is 1. The van der Waals surface area contributed by atoms with Gasteiger partial charge in [0.15, 0.2) is 0 Å². The normalized spacial score (nSPS) is 11.6. The maximum absolute atomic E-state index is 11.8. The van der Waals surface area contributed by atoms with Gasteiger partial charge in [0.25, 0.3) is 0 Å². The predicted octanol–water partition coefficient (Wildman–Crippen LogP) is 3.64. The molecule has 3 nitrogen and oxygen atoms in total. The Morgan fingerprint density at radius 1 is 1.59 bits per heavy atom. The summed E-state index contributed by atoms with van der Waals surface area (Å²) in [6.07, 6.45) is 1.41. The number of anilines is 1. The Bertz CT molecular complexity index is 451. The zero-order valence-electron chi connectivity index (χ0n) is 9.96. The van der Waals surface area contributed by atoms with Crippen molar-refractivity contribution in [2.24, 2.45) is 5.92 Å². The maximum atomic E-state index is 11.8. The van der Waals surface area contributed by atoms with Gasteiger partial charge in [-0.1, -0.05) is 19.4 Å². The van der Waals surface area contributed by atoms with E-state index in [1.54, 1.807) is 0 Å². The first-order chi connectivity index (χ1) is 8.08. The lowest BCUT2D eigenvalue weighted by atomic mass is 10.0. The number of carbonyl (C=O) groups excluding carboxylic acids is 1. The molecular formula is C13H15BrN2O. The minimum atomic E-state index is -0.576. The highest BCUT2D eigenvalue weighted by Gasteiger charge is 2.17. The van der Waals surface area contributed by atoms with E-state index in [1.165, 1.54) is 0 Å². The summed E-state index contributed by atoms with van der Waals surface area (Å²) < 4.78 is 0.824. The van der Waals surface area contributed by atoms with Gasteiger partial charge in [-0.3, -0.25) is 4.79 Å². The van der Waals surface area contributed by atoms with Gasteiger partial charge in [0.2, 0.25) is 5.91 Å². The fourth-order valence-corrected chi connectivity index (χ4v) is 1.84. The molecule has 0 aromatic heterocycles. The minimum Gasteiger partial charge on any atom is -0.324 e. The first-order valence-electron chi connectivity index (χ1n) is 5.55. The SMILES string of the molecule is CCCC(C#N)C(=O)Nc1cc(C)ccc1Br. The molecule has 0 aliphatic carbocycles. The van der Waals surface area contributed by atoms with Gasteiger partial charge < -0.3 is 5.32 Å². The van der Waals surface area contributed by atoms with Crippen molar-refractivity contribution in [3.8, 4) is 6.07 Å². The lowest BCUT2D eigenvalue weighted by molar-refractivity contribution is -0.118. The van der Waals surface area contributed by atoms with Crippen molar-refractivity contribution < 1.29 is 4.79 Å². The second kappa shape index (κ2) is 6.41. The zero-order chi connectivity index (χ0) is 12.8. The first kappa shape index (κ1) is 13.7. The fourth-order valence-electron chi connectivity index (χ4n) is 1.50. The van der Waals surface area contributed by atoms with E-state index >= 15 is 0 Å². The molecule has 1 N–H and O–H groups in total. The van der Waals surface area contributed by atoms with Gasteiger partial charge in [0.05, 0.1) is 11.8 Å². The molecular weight excluding hydrogens is 280 g/mol. The number of nitrogens with one attached hydrogen (secondary N) is 1. The highest BCUT2D eigenvalue weighted by molar-refractivity contribution is 9.10. The van der Waals surface area contributed by atoms with Crippen LogP contribution in [-0.4, -0.2) is 5.91 Å². The van der Waals surface area contributed by atoms with Crippen molar-refractivity contribution in [1.29, 1.82) is 5.26 Å². The molecule has 0 heterocycles. The Balaban J connectivity index is 2.80. The monoisotopic (exact) mass is 294 g/mol. The van der Waals surface area contributed by atoms with Crippen LogP contribution in [0.15, 0.2) is 22.7 Å². The number of hydrogen-bond donors (Lipinski definition) is 1. The van der Waals surface area contributed by atoms with E-state index in [9.17, 15) is 4.79 Å². The summed E-state index contributed by atoms with van der Waals surface area (Å²) in [7, 11) is 0. The predicted molar refractivity (Wildman–Crippen MR) is 71.5 cm³/mol. The van der Waals surface area contributed by atoms with Crippen LogP contribution in [0.3, 0.4) is 0 Å². The molecule has 0 spiro atoms. The highest BCUT2D eigenvalue weighted by Crippen LogP contribution is 2.24. The summed E-state index contributed by atoms with van der Waals surface area (Å²) in [5.74, 6) is -0.812. The van der Waals surface area contributed by atoms with Gasteiger partial charge in [0.1, 0.15) is 5.92 Å². The van der Waals surface area contributed by atoms with Crippen molar-refractivity contribution >= 4 is 27.5 Å². The molecule has 1 aromatic rings. The topological polar surface area (TPSA) is 52.9 Å². The van der Waals surface area contributed by atoms with E-state index in [-0.39, 0.29) is 5.91 Å². The molecule has 1 unspecified atom stereocenters. The Kier molecular flexibility index (Phi) is 5.17. The molecule has 0 aliphatic rings. The number of halogens is 1. The van der Waals surface area contributed by atoms with Crippen molar-refractivity contribution in [2.75, 3.05) is 5.32 Å². The Labute approximate surface area is 110 Å². The van der Waals surface area contributed by atoms with Crippen molar-refractivity contribution in [1.82, 2.24) is 0 Å². The Morgan fingerprint density at radius 2 is 2.29 bits per heavy atom. The number of benzene rings is 1. The molecule has 1 aromatic carbocycles. The second-order valence-electron chi connectivity index (χ2n) is 3.94. The first-order valence-corrected chi connectivity index (χ1v) is 6.34. The molecule has 1 rings (SSSR count). The van der Waals surface area contributed by atoms with E-state index in [1.807, 2.05) is 38.1 Å². The molecule has 0 aliphatic heterocycles. The van der Waals surface area contributed by atoms with Gasteiger partial charge >= 0.3 is 0 Å². The molecule has 1 amide bonds. The number of rotatable bonds is 4. The van der Waals surface area contributed by atoms with Crippen LogP contribution in [-0.2, 0) is 4.79 Å². The van der Waals surface area contributed by atoms with Gasteiger partial charge in [-0.25, -0.2) is 0 Å². The van der Waals surface area contributed by atoms with E-state index < -0.39 is 5.92 Å².